The molecule has 2 aromatic rings. The van der Waals surface area contributed by atoms with Crippen LogP contribution >= 0.6 is 11.8 Å². The van der Waals surface area contributed by atoms with E-state index in [2.05, 4.69) is 35.4 Å². The largest absolute Gasteiger partial charge is 0.368 e. The molecule has 2 amide bonds. The number of nitrogens with two attached hydrogens (primary N) is 1. The van der Waals surface area contributed by atoms with Gasteiger partial charge in [-0.15, -0.1) is 0 Å². The quantitative estimate of drug-likeness (QED) is 0.504. The number of carbonyl (C=O) groups is 1. The number of aromatic nitrogens is 5. The van der Waals surface area contributed by atoms with Crippen LogP contribution in [0.25, 0.3) is 0 Å². The second kappa shape index (κ2) is 8.01. The summed E-state index contributed by atoms with van der Waals surface area (Å²) in [5.74, 6) is 1.83. The molecule has 1 aliphatic heterocycles. The number of nitrogen functional groups attached to an aromatic ring is 1. The van der Waals surface area contributed by atoms with Crippen LogP contribution in [0.4, 0.5) is 16.6 Å². The Labute approximate surface area is 149 Å². The lowest BCUT2D eigenvalue weighted by Gasteiger charge is -2.35. The van der Waals surface area contributed by atoms with E-state index in [1.807, 2.05) is 17.9 Å². The minimum atomic E-state index is -0.0452. The highest BCUT2D eigenvalue weighted by atomic mass is 32.2. The van der Waals surface area contributed by atoms with Crippen LogP contribution in [-0.4, -0.2) is 74.6 Å². The van der Waals surface area contributed by atoms with Crippen LogP contribution in [0.5, 0.6) is 0 Å². The van der Waals surface area contributed by atoms with Crippen molar-refractivity contribution in [1.29, 1.82) is 0 Å². The van der Waals surface area contributed by atoms with Gasteiger partial charge in [0.2, 0.25) is 5.95 Å². The van der Waals surface area contributed by atoms with Crippen LogP contribution in [0, 0.1) is 6.92 Å². The van der Waals surface area contributed by atoms with Gasteiger partial charge >= 0.3 is 6.03 Å². The summed E-state index contributed by atoms with van der Waals surface area (Å²) in [4.78, 5) is 28.5. The van der Waals surface area contributed by atoms with Crippen molar-refractivity contribution < 1.29 is 4.79 Å². The third kappa shape index (κ3) is 4.72. The number of urea groups is 1. The number of aromatic amines is 1. The first-order valence-electron chi connectivity index (χ1n) is 7.99. The van der Waals surface area contributed by atoms with Crippen molar-refractivity contribution >= 4 is 29.6 Å². The lowest BCUT2D eigenvalue weighted by Crippen LogP contribution is -2.52. The molecule has 0 bridgehead atoms. The molecule has 134 valence electrons. The molecule has 0 atom stereocenters. The number of H-pyrrole nitrogens is 1. The van der Waals surface area contributed by atoms with E-state index in [0.717, 1.165) is 35.5 Å². The van der Waals surface area contributed by atoms with Gasteiger partial charge in [-0.25, -0.2) is 14.8 Å². The Balaban J connectivity index is 1.41. The Bertz CT molecular complexity index is 680. The second-order valence-corrected chi connectivity index (χ2v) is 6.65. The lowest BCUT2D eigenvalue weighted by atomic mass is 10.3. The van der Waals surface area contributed by atoms with E-state index in [9.17, 15) is 4.79 Å². The monoisotopic (exact) mass is 363 g/mol. The summed E-state index contributed by atoms with van der Waals surface area (Å²) in [6.45, 7) is 5.19. The van der Waals surface area contributed by atoms with E-state index < -0.39 is 0 Å². The Kier molecular flexibility index (Phi) is 5.53. The summed E-state index contributed by atoms with van der Waals surface area (Å²) in [5, 5.41) is 10.2. The Hall–Kier alpha value is -2.56. The third-order valence-corrected chi connectivity index (χ3v) is 4.64. The van der Waals surface area contributed by atoms with Crippen molar-refractivity contribution in [2.24, 2.45) is 0 Å². The summed E-state index contributed by atoms with van der Waals surface area (Å²) in [6, 6.07) is 1.86. The Morgan fingerprint density at radius 3 is 2.84 bits per heavy atom. The fraction of sp³-hybridized carbons (Fsp3) is 0.500. The van der Waals surface area contributed by atoms with Gasteiger partial charge < -0.3 is 20.9 Å². The fourth-order valence-corrected chi connectivity index (χ4v) is 3.19. The van der Waals surface area contributed by atoms with Crippen LogP contribution in [0.1, 0.15) is 5.69 Å². The zero-order chi connectivity index (χ0) is 17.6. The van der Waals surface area contributed by atoms with Crippen LogP contribution in [-0.2, 0) is 0 Å². The minimum absolute atomic E-state index is 0.0452. The smallest absolute Gasteiger partial charge is 0.317 e. The fourth-order valence-electron chi connectivity index (χ4n) is 2.56. The van der Waals surface area contributed by atoms with Crippen molar-refractivity contribution in [3.63, 3.8) is 0 Å². The standard InChI is InChI=1S/C14H21N9OS/c1-10-8-11(20-12(15)19-10)22-3-5-23(6-4-22)14(24)16-2-7-25-13-17-9-18-21-13/h8-9H,2-7H2,1H3,(H,16,24)(H2,15,19,20)(H,17,18,21). The Morgan fingerprint density at radius 2 is 2.16 bits per heavy atom. The molecular formula is C14H21N9OS. The maximum Gasteiger partial charge on any atom is 0.317 e. The molecule has 10 nitrogen and oxygen atoms in total. The second-order valence-electron chi connectivity index (χ2n) is 5.57. The van der Waals surface area contributed by atoms with Crippen LogP contribution in [0.3, 0.4) is 0 Å². The molecule has 1 aliphatic rings. The molecule has 0 saturated carbocycles. The average molecular weight is 363 g/mol. The van der Waals surface area contributed by atoms with Gasteiger partial charge in [-0.1, -0.05) is 11.8 Å². The van der Waals surface area contributed by atoms with Crippen LogP contribution in [0.2, 0.25) is 0 Å². The topological polar surface area (TPSA) is 129 Å². The number of hydrogen-bond acceptors (Lipinski definition) is 8. The van der Waals surface area contributed by atoms with Gasteiger partial charge in [0.25, 0.3) is 0 Å². The number of anilines is 2. The minimum Gasteiger partial charge on any atom is -0.368 e. The van der Waals surface area contributed by atoms with E-state index >= 15 is 0 Å². The van der Waals surface area contributed by atoms with Gasteiger partial charge in [-0.2, -0.15) is 10.1 Å². The van der Waals surface area contributed by atoms with Crippen molar-refractivity contribution in [3.8, 4) is 0 Å². The van der Waals surface area contributed by atoms with Gasteiger partial charge in [-0.3, -0.25) is 5.10 Å². The molecule has 2 aromatic heterocycles. The first-order chi connectivity index (χ1) is 12.1. The molecule has 0 aromatic carbocycles. The lowest BCUT2D eigenvalue weighted by molar-refractivity contribution is 0.195. The first kappa shape index (κ1) is 17.3. The maximum absolute atomic E-state index is 12.2. The van der Waals surface area contributed by atoms with Gasteiger partial charge in [0.05, 0.1) is 0 Å². The van der Waals surface area contributed by atoms with E-state index in [4.69, 9.17) is 5.73 Å². The molecule has 0 aliphatic carbocycles. The number of thioether (sulfide) groups is 1. The molecule has 3 rings (SSSR count). The van der Waals surface area contributed by atoms with Gasteiger partial charge in [-0.05, 0) is 6.92 Å². The normalized spacial score (nSPS) is 14.6. The summed E-state index contributed by atoms with van der Waals surface area (Å²) < 4.78 is 0. The highest BCUT2D eigenvalue weighted by Crippen LogP contribution is 2.16. The summed E-state index contributed by atoms with van der Waals surface area (Å²) >= 11 is 1.52. The zero-order valence-corrected chi connectivity index (χ0v) is 14.8. The predicted molar refractivity (Wildman–Crippen MR) is 95.5 cm³/mol. The molecule has 4 N–H and O–H groups in total. The molecule has 25 heavy (non-hydrogen) atoms. The number of rotatable bonds is 5. The average Bonchev–Trinajstić information content (AvgIpc) is 3.11. The van der Waals surface area contributed by atoms with Crippen LogP contribution < -0.4 is 16.0 Å². The number of aryl methyl sites for hydroxylation is 1. The molecule has 0 radical (unpaired) electrons. The van der Waals surface area contributed by atoms with Crippen LogP contribution in [0.15, 0.2) is 17.6 Å². The molecule has 3 heterocycles. The number of carbonyl (C=O) groups excluding carboxylic acids is 1. The zero-order valence-electron chi connectivity index (χ0n) is 14.0. The van der Waals surface area contributed by atoms with E-state index in [-0.39, 0.29) is 12.0 Å². The van der Waals surface area contributed by atoms with Gasteiger partial charge in [0.15, 0.2) is 5.16 Å². The summed E-state index contributed by atoms with van der Waals surface area (Å²) in [7, 11) is 0. The maximum atomic E-state index is 12.2. The number of amides is 2. The van der Waals surface area contributed by atoms with Crippen molar-refractivity contribution in [3.05, 3.63) is 18.1 Å². The summed E-state index contributed by atoms with van der Waals surface area (Å²) in [5.41, 5.74) is 6.55. The van der Waals surface area contributed by atoms with Gasteiger partial charge in [0, 0.05) is 50.2 Å². The first-order valence-corrected chi connectivity index (χ1v) is 8.97. The molecule has 1 saturated heterocycles. The SMILES string of the molecule is Cc1cc(N2CCN(C(=O)NCCSc3ncn[nH]3)CC2)nc(N)n1. The van der Waals surface area contributed by atoms with E-state index in [0.29, 0.717) is 19.6 Å². The van der Waals surface area contributed by atoms with E-state index in [1.54, 1.807) is 0 Å². The van der Waals surface area contributed by atoms with E-state index in [1.165, 1.54) is 18.1 Å². The summed E-state index contributed by atoms with van der Waals surface area (Å²) in [6.07, 6.45) is 1.47. The molecule has 1 fully saturated rings. The number of nitrogens with zero attached hydrogens (tertiary/aromatic N) is 6. The molecule has 0 spiro atoms. The third-order valence-electron chi connectivity index (χ3n) is 3.76. The number of nitrogens with one attached hydrogen (secondary N) is 2. The number of piperazine rings is 1. The molecule has 0 unspecified atom stereocenters. The predicted octanol–water partition coefficient (Wildman–Crippen LogP) is 0.109. The molecular weight excluding hydrogens is 342 g/mol. The van der Waals surface area contributed by atoms with Crippen molar-refractivity contribution in [1.82, 2.24) is 35.4 Å². The Morgan fingerprint density at radius 1 is 1.36 bits per heavy atom. The van der Waals surface area contributed by atoms with Gasteiger partial charge in [0.1, 0.15) is 12.1 Å². The van der Waals surface area contributed by atoms with Crippen molar-refractivity contribution in [2.45, 2.75) is 12.1 Å². The highest BCUT2D eigenvalue weighted by Gasteiger charge is 2.22. The molecule has 11 heteroatoms. The highest BCUT2D eigenvalue weighted by molar-refractivity contribution is 7.99. The number of hydrogen-bond donors (Lipinski definition) is 3. The van der Waals surface area contributed by atoms with Crippen molar-refractivity contribution in [2.75, 3.05) is 49.1 Å².